The van der Waals surface area contributed by atoms with Gasteiger partial charge in [-0.05, 0) is 42.9 Å². The summed E-state index contributed by atoms with van der Waals surface area (Å²) in [5.41, 5.74) is 1.34. The van der Waals surface area contributed by atoms with Gasteiger partial charge in [0.25, 0.3) is 0 Å². The van der Waals surface area contributed by atoms with Crippen molar-refractivity contribution in [2.45, 2.75) is 58.7 Å². The number of esters is 1. The summed E-state index contributed by atoms with van der Waals surface area (Å²) in [5.74, 6) is 1.74. The molecule has 2 aliphatic carbocycles. The highest BCUT2D eigenvalue weighted by molar-refractivity contribution is 7.11. The van der Waals surface area contributed by atoms with Gasteiger partial charge in [-0.3, -0.25) is 4.79 Å². The highest BCUT2D eigenvalue weighted by Gasteiger charge is 2.58. The molecule has 0 bridgehead atoms. The highest BCUT2D eigenvalue weighted by Crippen LogP contribution is 2.59. The molecule has 1 saturated heterocycles. The first-order valence-electron chi connectivity index (χ1n) is 10.4. The van der Waals surface area contributed by atoms with Crippen LogP contribution in [-0.4, -0.2) is 17.1 Å². The highest BCUT2D eigenvalue weighted by atomic mass is 35.5. The summed E-state index contributed by atoms with van der Waals surface area (Å²) in [5, 5.41) is 1.67. The quantitative estimate of drug-likeness (QED) is 0.591. The van der Waals surface area contributed by atoms with Crippen LogP contribution in [0.3, 0.4) is 0 Å². The van der Waals surface area contributed by atoms with Gasteiger partial charge in [0.1, 0.15) is 23.5 Å². The van der Waals surface area contributed by atoms with E-state index in [2.05, 4.69) is 13.8 Å². The van der Waals surface area contributed by atoms with E-state index in [0.717, 1.165) is 30.0 Å². The van der Waals surface area contributed by atoms with E-state index in [0.29, 0.717) is 23.5 Å². The predicted molar refractivity (Wildman–Crippen MR) is 113 cm³/mol. The Hall–Kier alpha value is -1.59. The number of halogens is 1. The Morgan fingerprint density at radius 1 is 1.34 bits per heavy atom. The second-order valence-corrected chi connectivity index (χ2v) is 10.8. The topological polar surface area (TPSA) is 48.4 Å². The number of benzene rings is 1. The van der Waals surface area contributed by atoms with E-state index in [1.54, 1.807) is 11.3 Å². The van der Waals surface area contributed by atoms with Gasteiger partial charge in [0.05, 0.1) is 11.6 Å². The summed E-state index contributed by atoms with van der Waals surface area (Å²) < 4.78 is 11.8. The predicted octanol–water partition coefficient (Wildman–Crippen LogP) is 5.63. The fraction of sp³-hybridized carbons (Fsp3) is 0.565. The summed E-state index contributed by atoms with van der Waals surface area (Å²) in [6.45, 7) is 7.13. The number of thiazole rings is 1. The molecule has 0 amide bonds. The van der Waals surface area contributed by atoms with Gasteiger partial charge >= 0.3 is 5.97 Å². The fourth-order valence-corrected chi connectivity index (χ4v) is 7.36. The molecular weight excluding hydrogens is 406 g/mol. The van der Waals surface area contributed by atoms with Crippen molar-refractivity contribution < 1.29 is 14.3 Å². The molecule has 2 aromatic rings. The van der Waals surface area contributed by atoms with Gasteiger partial charge in [0, 0.05) is 27.7 Å². The van der Waals surface area contributed by atoms with Crippen LogP contribution in [0.15, 0.2) is 24.3 Å². The van der Waals surface area contributed by atoms with E-state index in [1.807, 2.05) is 31.2 Å². The lowest BCUT2D eigenvalue weighted by molar-refractivity contribution is -0.149. The molecule has 3 aliphatic rings. The van der Waals surface area contributed by atoms with E-state index < -0.39 is 0 Å². The zero-order valence-electron chi connectivity index (χ0n) is 17.0. The Morgan fingerprint density at radius 2 is 2.17 bits per heavy atom. The van der Waals surface area contributed by atoms with Gasteiger partial charge in [0.15, 0.2) is 0 Å². The monoisotopic (exact) mass is 431 g/mol. The van der Waals surface area contributed by atoms with Crippen molar-refractivity contribution in [3.63, 3.8) is 0 Å². The Labute approximate surface area is 180 Å². The van der Waals surface area contributed by atoms with Crippen LogP contribution < -0.4 is 4.74 Å². The molecule has 1 saturated carbocycles. The van der Waals surface area contributed by atoms with Gasteiger partial charge in [-0.25, -0.2) is 4.98 Å². The first-order chi connectivity index (χ1) is 13.9. The van der Waals surface area contributed by atoms with Crippen molar-refractivity contribution in [2.24, 2.45) is 23.2 Å². The Balaban J connectivity index is 1.40. The molecule has 5 rings (SSSR count). The van der Waals surface area contributed by atoms with Crippen LogP contribution in [0, 0.1) is 23.2 Å². The lowest BCUT2D eigenvalue weighted by Crippen LogP contribution is -2.50. The van der Waals surface area contributed by atoms with Crippen LogP contribution in [0.5, 0.6) is 5.75 Å². The van der Waals surface area contributed by atoms with Crippen LogP contribution in [-0.2, 0) is 22.6 Å². The van der Waals surface area contributed by atoms with Crippen LogP contribution in [0.1, 0.15) is 55.1 Å². The van der Waals surface area contributed by atoms with Crippen LogP contribution >= 0.6 is 22.9 Å². The van der Waals surface area contributed by atoms with E-state index in [9.17, 15) is 4.79 Å². The molecule has 1 aromatic heterocycles. The number of aromatic nitrogens is 1. The normalized spacial score (nSPS) is 35.4. The van der Waals surface area contributed by atoms with Gasteiger partial charge in [-0.15, -0.1) is 11.3 Å². The summed E-state index contributed by atoms with van der Waals surface area (Å²) in [4.78, 5) is 18.6. The molecule has 2 fully saturated rings. The van der Waals surface area contributed by atoms with Crippen LogP contribution in [0.4, 0.5) is 0 Å². The largest absolute Gasteiger partial charge is 0.486 e. The summed E-state index contributed by atoms with van der Waals surface area (Å²) in [6.07, 6.45) is 3.28. The maximum atomic E-state index is 12.3. The van der Waals surface area contributed by atoms with Crippen molar-refractivity contribution in [2.75, 3.05) is 0 Å². The molecule has 0 N–H and O–H groups in total. The number of ether oxygens (including phenoxy) is 2. The third kappa shape index (κ3) is 3.17. The summed E-state index contributed by atoms with van der Waals surface area (Å²) in [6, 6.07) is 7.46. The average molecular weight is 432 g/mol. The Kier molecular flexibility index (Phi) is 4.67. The minimum absolute atomic E-state index is 0.0175. The molecule has 154 valence electrons. The first kappa shape index (κ1) is 19.4. The molecule has 4 nitrogen and oxygen atoms in total. The molecule has 1 aliphatic heterocycles. The van der Waals surface area contributed by atoms with Gasteiger partial charge in [-0.1, -0.05) is 38.4 Å². The fourth-order valence-electron chi connectivity index (χ4n) is 5.89. The number of hydrogen-bond acceptors (Lipinski definition) is 5. The number of carbonyl (C=O) groups is 1. The van der Waals surface area contributed by atoms with Crippen LogP contribution in [0.25, 0.3) is 0 Å². The van der Waals surface area contributed by atoms with Crippen LogP contribution in [0.2, 0.25) is 5.02 Å². The standard InChI is InChI=1S/C23H26ClNO3S/c1-12-16-7-8-23(3)10-17-20(13(2)19(23)21(16)28-22(12)26)25-18(29-17)11-27-15-6-4-5-14(24)9-15/h4-6,9,12-13,16,19,21H,7-8,10-11H2,1-3H3/t12-,13-,16-,19+,21-,23-/m0/s1. The minimum Gasteiger partial charge on any atom is -0.486 e. The SMILES string of the molecule is C[C@@H]1C(=O)O[C@H]2[C@H]1CC[C@@]1(C)Cc3sc(COc4cccc(Cl)c4)nc3[C@@H](C)[C@H]21. The molecule has 0 spiro atoms. The molecule has 0 radical (unpaired) electrons. The lowest BCUT2D eigenvalue weighted by Gasteiger charge is -2.51. The second-order valence-electron chi connectivity index (χ2n) is 9.20. The van der Waals surface area contributed by atoms with Crippen molar-refractivity contribution in [1.29, 1.82) is 0 Å². The van der Waals surface area contributed by atoms with E-state index in [1.165, 1.54) is 10.6 Å². The minimum atomic E-state index is -0.0175. The summed E-state index contributed by atoms with van der Waals surface area (Å²) >= 11 is 7.82. The average Bonchev–Trinajstić information content (AvgIpc) is 3.20. The van der Waals surface area contributed by atoms with Crippen molar-refractivity contribution in [1.82, 2.24) is 4.98 Å². The molecular formula is C23H26ClNO3S. The molecule has 1 aromatic carbocycles. The zero-order chi connectivity index (χ0) is 20.3. The maximum absolute atomic E-state index is 12.3. The summed E-state index contributed by atoms with van der Waals surface area (Å²) in [7, 11) is 0. The third-order valence-electron chi connectivity index (χ3n) is 7.36. The number of carbonyl (C=O) groups excluding carboxylic acids is 1. The molecule has 2 heterocycles. The smallest absolute Gasteiger partial charge is 0.309 e. The maximum Gasteiger partial charge on any atom is 0.309 e. The van der Waals surface area contributed by atoms with E-state index in [4.69, 9.17) is 26.1 Å². The number of rotatable bonds is 3. The van der Waals surface area contributed by atoms with Gasteiger partial charge < -0.3 is 9.47 Å². The Bertz CT molecular complexity index is 959. The van der Waals surface area contributed by atoms with Gasteiger partial charge in [0.2, 0.25) is 0 Å². The third-order valence-corrected chi connectivity index (χ3v) is 8.64. The van der Waals surface area contributed by atoms with Crippen molar-refractivity contribution in [3.05, 3.63) is 44.9 Å². The van der Waals surface area contributed by atoms with Gasteiger partial charge in [-0.2, -0.15) is 0 Å². The number of nitrogens with zero attached hydrogens (tertiary/aromatic N) is 1. The first-order valence-corrected chi connectivity index (χ1v) is 11.6. The number of hydrogen-bond donors (Lipinski definition) is 0. The number of fused-ring (bicyclic) bond motifs is 4. The second kappa shape index (κ2) is 6.98. The molecule has 29 heavy (non-hydrogen) atoms. The van der Waals surface area contributed by atoms with Crippen molar-refractivity contribution in [3.8, 4) is 5.75 Å². The zero-order valence-corrected chi connectivity index (χ0v) is 18.6. The lowest BCUT2D eigenvalue weighted by atomic mass is 9.54. The molecule has 6 atom stereocenters. The van der Waals surface area contributed by atoms with E-state index in [-0.39, 0.29) is 29.3 Å². The molecule has 0 unspecified atom stereocenters. The van der Waals surface area contributed by atoms with E-state index >= 15 is 0 Å². The van der Waals surface area contributed by atoms with Crippen molar-refractivity contribution >= 4 is 28.9 Å². The Morgan fingerprint density at radius 3 is 2.97 bits per heavy atom. The molecule has 6 heteroatoms.